The zero-order valence-corrected chi connectivity index (χ0v) is 22.6. The van der Waals surface area contributed by atoms with E-state index >= 15 is 0 Å². The second-order valence-corrected chi connectivity index (χ2v) is 10.9. The molecule has 200 valence electrons. The Bertz CT molecular complexity index is 1230. The van der Waals surface area contributed by atoms with Crippen LogP contribution in [-0.2, 0) is 4.79 Å². The predicted octanol–water partition coefficient (Wildman–Crippen LogP) is 5.29. The maximum absolute atomic E-state index is 12.3. The average molecular weight is 535 g/mol. The third kappa shape index (κ3) is 5.71. The van der Waals surface area contributed by atoms with Crippen LogP contribution in [0, 0.1) is 11.3 Å². The van der Waals surface area contributed by atoms with Crippen LogP contribution in [0.4, 0.5) is 28.8 Å². The topological polar surface area (TPSA) is 109 Å². The first-order valence-corrected chi connectivity index (χ1v) is 13.9. The van der Waals surface area contributed by atoms with E-state index in [1.165, 1.54) is 38.0 Å². The molecule has 0 atom stereocenters. The normalized spacial score (nSPS) is 18.3. The Hall–Kier alpha value is -3.35. The Kier molecular flexibility index (Phi) is 8.01. The zero-order chi connectivity index (χ0) is 26.6. The van der Waals surface area contributed by atoms with Crippen molar-refractivity contribution in [3.05, 3.63) is 41.6 Å². The number of hydrogen-bond acceptors (Lipinski definition) is 8. The maximum Gasteiger partial charge on any atom is 0.247 e. The lowest BCUT2D eigenvalue weighted by molar-refractivity contribution is -0.111. The summed E-state index contributed by atoms with van der Waals surface area (Å²) in [4.78, 5) is 26.0. The van der Waals surface area contributed by atoms with Crippen LogP contribution in [0.5, 0.6) is 0 Å². The molecule has 2 aromatic rings. The van der Waals surface area contributed by atoms with Gasteiger partial charge in [0.1, 0.15) is 17.5 Å². The second-order valence-electron chi connectivity index (χ2n) is 10.5. The second kappa shape index (κ2) is 11.6. The summed E-state index contributed by atoms with van der Waals surface area (Å²) >= 11 is 6.81. The van der Waals surface area contributed by atoms with Gasteiger partial charge in [0.25, 0.3) is 0 Å². The van der Waals surface area contributed by atoms with Gasteiger partial charge in [-0.05, 0) is 70.2 Å². The standard InChI is InChI=1S/C28H35ClN8O/c1-3-26(38)33-24-15-25(37-12-10-21(11-13-37)36(2)20-8-5-9-20)22(29)14-23(24)34-28-31-17-18(16-30)27(35-28)32-19-6-4-7-19/h3,14-15,17,19-21H,1,4-13H2,2H3,(H,33,38)(H2,31,32,34,35). The summed E-state index contributed by atoms with van der Waals surface area (Å²) in [7, 11) is 2.26. The molecule has 1 aromatic heterocycles. The van der Waals surface area contributed by atoms with Crippen LogP contribution in [0.3, 0.4) is 0 Å². The van der Waals surface area contributed by atoms with Gasteiger partial charge in [-0.25, -0.2) is 4.98 Å². The number of hydrogen-bond donors (Lipinski definition) is 3. The highest BCUT2D eigenvalue weighted by Gasteiger charge is 2.31. The lowest BCUT2D eigenvalue weighted by Gasteiger charge is -2.44. The van der Waals surface area contributed by atoms with Gasteiger partial charge in [0.2, 0.25) is 11.9 Å². The monoisotopic (exact) mass is 534 g/mol. The number of carbonyl (C=O) groups excluding carboxylic acids is 1. The molecule has 1 saturated heterocycles. The number of nitriles is 1. The molecule has 1 aromatic carbocycles. The van der Waals surface area contributed by atoms with E-state index in [0.29, 0.717) is 45.8 Å². The van der Waals surface area contributed by atoms with E-state index in [9.17, 15) is 10.1 Å². The zero-order valence-electron chi connectivity index (χ0n) is 21.8. The molecule has 3 fully saturated rings. The predicted molar refractivity (Wildman–Crippen MR) is 152 cm³/mol. The number of halogens is 1. The van der Waals surface area contributed by atoms with Gasteiger partial charge in [0, 0.05) is 31.2 Å². The Labute approximate surface area is 229 Å². The molecule has 3 N–H and O–H groups in total. The highest BCUT2D eigenvalue weighted by atomic mass is 35.5. The van der Waals surface area contributed by atoms with Gasteiger partial charge in [0.05, 0.1) is 28.3 Å². The molecule has 0 radical (unpaired) electrons. The molecule has 1 amide bonds. The summed E-state index contributed by atoms with van der Waals surface area (Å²) in [6.45, 7) is 5.39. The Morgan fingerprint density at radius 2 is 1.87 bits per heavy atom. The molecule has 1 aliphatic heterocycles. The lowest BCUT2D eigenvalue weighted by Crippen LogP contribution is -2.49. The number of rotatable bonds is 9. The van der Waals surface area contributed by atoms with Crippen molar-refractivity contribution in [1.29, 1.82) is 5.26 Å². The lowest BCUT2D eigenvalue weighted by atomic mass is 9.89. The number of piperidine rings is 1. The number of benzene rings is 1. The van der Waals surface area contributed by atoms with Crippen LogP contribution in [0.15, 0.2) is 31.0 Å². The number of anilines is 5. The first-order chi connectivity index (χ1) is 18.4. The van der Waals surface area contributed by atoms with Crippen molar-refractivity contribution in [2.24, 2.45) is 0 Å². The van der Waals surface area contributed by atoms with Crippen molar-refractivity contribution < 1.29 is 4.79 Å². The van der Waals surface area contributed by atoms with Crippen LogP contribution >= 0.6 is 11.6 Å². The van der Waals surface area contributed by atoms with Gasteiger partial charge in [-0.1, -0.05) is 24.6 Å². The van der Waals surface area contributed by atoms with E-state index in [4.69, 9.17) is 11.6 Å². The number of nitrogens with zero attached hydrogens (tertiary/aromatic N) is 5. The third-order valence-electron chi connectivity index (χ3n) is 8.16. The minimum Gasteiger partial charge on any atom is -0.370 e. The highest BCUT2D eigenvalue weighted by Crippen LogP contribution is 2.38. The van der Waals surface area contributed by atoms with Gasteiger partial charge < -0.3 is 25.8 Å². The summed E-state index contributed by atoms with van der Waals surface area (Å²) < 4.78 is 0. The fourth-order valence-corrected chi connectivity index (χ4v) is 5.58. The molecular weight excluding hydrogens is 500 g/mol. The molecule has 38 heavy (non-hydrogen) atoms. The van der Waals surface area contributed by atoms with Crippen molar-refractivity contribution in [2.45, 2.75) is 69.5 Å². The van der Waals surface area contributed by atoms with Crippen LogP contribution in [-0.4, -0.2) is 59.0 Å². The molecule has 2 heterocycles. The van der Waals surface area contributed by atoms with Gasteiger partial charge in [-0.3, -0.25) is 4.79 Å². The summed E-state index contributed by atoms with van der Waals surface area (Å²) in [5, 5.41) is 19.5. The smallest absolute Gasteiger partial charge is 0.247 e. The van der Waals surface area contributed by atoms with Gasteiger partial charge in [-0.2, -0.15) is 10.2 Å². The van der Waals surface area contributed by atoms with E-state index in [1.807, 2.05) is 6.07 Å². The van der Waals surface area contributed by atoms with Crippen LogP contribution in [0.1, 0.15) is 56.9 Å². The van der Waals surface area contributed by atoms with Crippen LogP contribution < -0.4 is 20.9 Å². The molecule has 0 bridgehead atoms. The first kappa shape index (κ1) is 26.3. The summed E-state index contributed by atoms with van der Waals surface area (Å²) in [6.07, 6.45) is 12.1. The van der Waals surface area contributed by atoms with Crippen molar-refractivity contribution >= 4 is 46.3 Å². The Balaban J connectivity index is 1.36. The molecule has 5 rings (SSSR count). The molecule has 9 nitrogen and oxygen atoms in total. The molecule has 2 saturated carbocycles. The fraction of sp³-hybridized carbons (Fsp3) is 0.500. The first-order valence-electron chi connectivity index (χ1n) is 13.5. The van der Waals surface area contributed by atoms with Crippen molar-refractivity contribution in [3.63, 3.8) is 0 Å². The van der Waals surface area contributed by atoms with Crippen LogP contribution in [0.25, 0.3) is 0 Å². The van der Waals surface area contributed by atoms with Crippen molar-refractivity contribution in [1.82, 2.24) is 14.9 Å². The van der Waals surface area contributed by atoms with Gasteiger partial charge in [0.15, 0.2) is 0 Å². The number of nitrogens with one attached hydrogen (secondary N) is 3. The molecule has 10 heteroatoms. The quantitative estimate of drug-likeness (QED) is 0.372. The fourth-order valence-electron chi connectivity index (χ4n) is 5.30. The Morgan fingerprint density at radius 1 is 1.16 bits per heavy atom. The summed E-state index contributed by atoms with van der Waals surface area (Å²) in [5.41, 5.74) is 2.40. The van der Waals surface area contributed by atoms with Gasteiger partial charge >= 0.3 is 0 Å². The molecule has 0 spiro atoms. The third-order valence-corrected chi connectivity index (χ3v) is 8.47. The van der Waals surface area contributed by atoms with E-state index in [1.54, 1.807) is 6.07 Å². The van der Waals surface area contributed by atoms with Crippen molar-refractivity contribution in [2.75, 3.05) is 41.0 Å². The molecule has 2 aliphatic carbocycles. The average Bonchev–Trinajstić information content (AvgIpc) is 2.87. The number of amides is 1. The molecular formula is C28H35ClN8O. The summed E-state index contributed by atoms with van der Waals surface area (Å²) in [6, 6.07) is 7.48. The SMILES string of the molecule is C=CC(=O)Nc1cc(N2CCC(N(C)C3CCC3)CC2)c(Cl)cc1Nc1ncc(C#N)c(NC2CCC2)n1. The minimum absolute atomic E-state index is 0.309. The van der Waals surface area contributed by atoms with E-state index in [0.717, 1.165) is 50.5 Å². The van der Waals surface area contributed by atoms with E-state index in [-0.39, 0.29) is 5.91 Å². The Morgan fingerprint density at radius 3 is 2.47 bits per heavy atom. The number of aromatic nitrogens is 2. The van der Waals surface area contributed by atoms with E-state index < -0.39 is 0 Å². The van der Waals surface area contributed by atoms with E-state index in [2.05, 4.69) is 55.4 Å². The van der Waals surface area contributed by atoms with Gasteiger partial charge in [-0.15, -0.1) is 0 Å². The maximum atomic E-state index is 12.3. The summed E-state index contributed by atoms with van der Waals surface area (Å²) in [5.74, 6) is 0.489. The highest BCUT2D eigenvalue weighted by molar-refractivity contribution is 6.34. The molecule has 0 unspecified atom stereocenters. The minimum atomic E-state index is -0.324. The number of carbonyl (C=O) groups is 1. The van der Waals surface area contributed by atoms with Crippen LogP contribution in [0.2, 0.25) is 5.02 Å². The largest absolute Gasteiger partial charge is 0.370 e. The van der Waals surface area contributed by atoms with Crippen molar-refractivity contribution in [3.8, 4) is 6.07 Å². The molecule has 3 aliphatic rings.